The van der Waals surface area contributed by atoms with Crippen molar-refractivity contribution in [2.75, 3.05) is 6.54 Å². The average Bonchev–Trinajstić information content (AvgIpc) is 3.00. The van der Waals surface area contributed by atoms with Crippen LogP contribution in [0.4, 0.5) is 4.79 Å². The maximum Gasteiger partial charge on any atom is 0.324 e. The number of hydrogen-bond acceptors (Lipinski definition) is 3. The number of amides is 3. The first-order valence-electron chi connectivity index (χ1n) is 6.71. The van der Waals surface area contributed by atoms with Crippen LogP contribution in [0.5, 0.6) is 0 Å². The summed E-state index contributed by atoms with van der Waals surface area (Å²) in [6, 6.07) is -0.619. The minimum absolute atomic E-state index is 0.0926. The van der Waals surface area contributed by atoms with Crippen LogP contribution in [0.25, 0.3) is 0 Å². The first kappa shape index (κ1) is 13.6. The van der Waals surface area contributed by atoms with Crippen LogP contribution in [0.3, 0.4) is 0 Å². The summed E-state index contributed by atoms with van der Waals surface area (Å²) >= 11 is 0. The Kier molecular flexibility index (Phi) is 4.19. The van der Waals surface area contributed by atoms with Crippen molar-refractivity contribution in [3.8, 4) is 0 Å². The molecule has 0 spiro atoms. The lowest BCUT2D eigenvalue weighted by Crippen LogP contribution is -2.36. The van der Waals surface area contributed by atoms with Gasteiger partial charge in [-0.25, -0.2) is 9.78 Å². The van der Waals surface area contributed by atoms with Gasteiger partial charge in [-0.3, -0.25) is 9.69 Å². The van der Waals surface area contributed by atoms with Crippen LogP contribution in [-0.4, -0.2) is 39.0 Å². The fourth-order valence-corrected chi connectivity index (χ4v) is 2.20. The standard InChI is InChI=1S/C13H20N4O2/c1-3-10(2)11-12(18)17(13(19)15-11)7-4-6-16-8-5-14-9-16/h5,8-11H,3-4,6-7H2,1-2H3,(H,15,19)/t10-,11-/m1/s1. The molecule has 0 aromatic carbocycles. The fourth-order valence-electron chi connectivity index (χ4n) is 2.20. The zero-order chi connectivity index (χ0) is 13.8. The Morgan fingerprint density at radius 1 is 1.42 bits per heavy atom. The van der Waals surface area contributed by atoms with Crippen molar-refractivity contribution in [1.29, 1.82) is 0 Å². The van der Waals surface area contributed by atoms with Gasteiger partial charge in [0, 0.05) is 25.5 Å². The van der Waals surface area contributed by atoms with E-state index in [9.17, 15) is 9.59 Å². The van der Waals surface area contributed by atoms with Crippen LogP contribution in [0, 0.1) is 5.92 Å². The van der Waals surface area contributed by atoms with E-state index >= 15 is 0 Å². The smallest absolute Gasteiger partial charge is 0.324 e. The number of aromatic nitrogens is 2. The maximum absolute atomic E-state index is 12.1. The molecule has 104 valence electrons. The van der Waals surface area contributed by atoms with E-state index in [0.29, 0.717) is 6.54 Å². The number of urea groups is 1. The molecule has 1 aromatic heterocycles. The number of carbonyl (C=O) groups excluding carboxylic acids is 2. The van der Waals surface area contributed by atoms with Crippen molar-refractivity contribution in [2.24, 2.45) is 5.92 Å². The quantitative estimate of drug-likeness (QED) is 0.786. The number of imidazole rings is 1. The number of hydrogen-bond donors (Lipinski definition) is 1. The van der Waals surface area contributed by atoms with Crippen molar-refractivity contribution in [3.63, 3.8) is 0 Å². The van der Waals surface area contributed by atoms with Crippen molar-refractivity contribution >= 4 is 11.9 Å². The predicted octanol–water partition coefficient (Wildman–Crippen LogP) is 1.24. The van der Waals surface area contributed by atoms with Gasteiger partial charge in [0.05, 0.1) is 6.33 Å². The van der Waals surface area contributed by atoms with E-state index in [-0.39, 0.29) is 23.9 Å². The lowest BCUT2D eigenvalue weighted by molar-refractivity contribution is -0.128. The summed E-state index contributed by atoms with van der Waals surface area (Å²) in [6.45, 7) is 5.21. The molecule has 0 bridgehead atoms. The molecule has 6 heteroatoms. The minimum Gasteiger partial charge on any atom is -0.337 e. The third-order valence-electron chi connectivity index (χ3n) is 3.63. The average molecular weight is 264 g/mol. The van der Waals surface area contributed by atoms with Crippen LogP contribution in [0.1, 0.15) is 26.7 Å². The molecule has 6 nitrogen and oxygen atoms in total. The molecular formula is C13H20N4O2. The molecule has 0 unspecified atom stereocenters. The lowest BCUT2D eigenvalue weighted by atomic mass is 9.99. The largest absolute Gasteiger partial charge is 0.337 e. The Morgan fingerprint density at radius 2 is 2.21 bits per heavy atom. The van der Waals surface area contributed by atoms with Gasteiger partial charge in [0.25, 0.3) is 5.91 Å². The Balaban J connectivity index is 1.86. The second-order valence-electron chi connectivity index (χ2n) is 4.96. The molecule has 2 heterocycles. The molecule has 1 N–H and O–H groups in total. The van der Waals surface area contributed by atoms with E-state index in [4.69, 9.17) is 0 Å². The highest BCUT2D eigenvalue weighted by atomic mass is 16.2. The van der Waals surface area contributed by atoms with E-state index in [2.05, 4.69) is 10.3 Å². The lowest BCUT2D eigenvalue weighted by Gasteiger charge is -2.16. The summed E-state index contributed by atoms with van der Waals surface area (Å²) in [6.07, 6.45) is 6.93. The third-order valence-corrected chi connectivity index (χ3v) is 3.63. The van der Waals surface area contributed by atoms with Gasteiger partial charge in [-0.2, -0.15) is 0 Å². The number of carbonyl (C=O) groups is 2. The van der Waals surface area contributed by atoms with Crippen LogP contribution >= 0.6 is 0 Å². The first-order chi connectivity index (χ1) is 9.13. The highest BCUT2D eigenvalue weighted by Crippen LogP contribution is 2.17. The van der Waals surface area contributed by atoms with Crippen molar-refractivity contribution in [2.45, 2.75) is 39.3 Å². The summed E-state index contributed by atoms with van der Waals surface area (Å²) in [7, 11) is 0. The Morgan fingerprint density at radius 3 is 2.84 bits per heavy atom. The Bertz CT molecular complexity index is 444. The summed E-state index contributed by atoms with van der Waals surface area (Å²) in [5.41, 5.74) is 0. The van der Waals surface area contributed by atoms with E-state index in [1.54, 1.807) is 12.5 Å². The summed E-state index contributed by atoms with van der Waals surface area (Å²) in [5, 5.41) is 2.77. The molecule has 0 radical (unpaired) electrons. The van der Waals surface area contributed by atoms with Gasteiger partial charge in [0.15, 0.2) is 0 Å². The van der Waals surface area contributed by atoms with Crippen molar-refractivity contribution in [3.05, 3.63) is 18.7 Å². The molecule has 1 aliphatic rings. The molecule has 3 amide bonds. The van der Waals surface area contributed by atoms with Gasteiger partial charge in [-0.15, -0.1) is 0 Å². The van der Waals surface area contributed by atoms with Crippen LogP contribution in [0.15, 0.2) is 18.7 Å². The second kappa shape index (κ2) is 5.86. The predicted molar refractivity (Wildman–Crippen MR) is 70.3 cm³/mol. The summed E-state index contributed by atoms with van der Waals surface area (Å²) in [5.74, 6) is 0.0834. The molecule has 1 aliphatic heterocycles. The van der Waals surface area contributed by atoms with Gasteiger partial charge < -0.3 is 9.88 Å². The molecule has 0 saturated carbocycles. The van der Waals surface area contributed by atoms with Crippen molar-refractivity contribution in [1.82, 2.24) is 19.8 Å². The normalized spacial score (nSPS) is 20.7. The van der Waals surface area contributed by atoms with Gasteiger partial charge in [-0.1, -0.05) is 20.3 Å². The molecule has 2 rings (SSSR count). The van der Waals surface area contributed by atoms with Gasteiger partial charge >= 0.3 is 6.03 Å². The zero-order valence-electron chi connectivity index (χ0n) is 11.4. The van der Waals surface area contributed by atoms with Gasteiger partial charge in [0.1, 0.15) is 6.04 Å². The maximum atomic E-state index is 12.1. The summed E-state index contributed by atoms with van der Waals surface area (Å²) < 4.78 is 1.94. The SMILES string of the molecule is CC[C@@H](C)[C@H]1NC(=O)N(CCCn2ccnc2)C1=O. The summed E-state index contributed by atoms with van der Waals surface area (Å²) in [4.78, 5) is 29.2. The molecule has 19 heavy (non-hydrogen) atoms. The number of aryl methyl sites for hydroxylation is 1. The Labute approximate surface area is 112 Å². The second-order valence-corrected chi connectivity index (χ2v) is 4.96. The van der Waals surface area contributed by atoms with Crippen LogP contribution < -0.4 is 5.32 Å². The highest BCUT2D eigenvalue weighted by Gasteiger charge is 2.39. The number of nitrogens with zero attached hydrogens (tertiary/aromatic N) is 3. The van der Waals surface area contributed by atoms with Gasteiger partial charge in [0.2, 0.25) is 0 Å². The third kappa shape index (κ3) is 2.94. The van der Waals surface area contributed by atoms with Crippen LogP contribution in [-0.2, 0) is 11.3 Å². The minimum atomic E-state index is -0.356. The topological polar surface area (TPSA) is 67.2 Å². The fraction of sp³-hybridized carbons (Fsp3) is 0.615. The molecule has 1 aromatic rings. The van der Waals surface area contributed by atoms with Crippen molar-refractivity contribution < 1.29 is 9.59 Å². The molecule has 1 saturated heterocycles. The first-order valence-corrected chi connectivity index (χ1v) is 6.71. The number of imide groups is 1. The van der Waals surface area contributed by atoms with E-state index in [1.165, 1.54) is 4.90 Å². The highest BCUT2D eigenvalue weighted by molar-refractivity contribution is 6.04. The molecule has 0 aliphatic carbocycles. The molecule has 2 atom stereocenters. The van der Waals surface area contributed by atoms with E-state index < -0.39 is 0 Å². The molecular weight excluding hydrogens is 244 g/mol. The van der Waals surface area contributed by atoms with E-state index in [0.717, 1.165) is 19.4 Å². The number of rotatable bonds is 6. The number of nitrogens with one attached hydrogen (secondary N) is 1. The monoisotopic (exact) mass is 264 g/mol. The van der Waals surface area contributed by atoms with E-state index in [1.807, 2.05) is 24.6 Å². The van der Waals surface area contributed by atoms with Crippen LogP contribution in [0.2, 0.25) is 0 Å². The zero-order valence-corrected chi connectivity index (χ0v) is 11.4. The van der Waals surface area contributed by atoms with Gasteiger partial charge in [-0.05, 0) is 12.3 Å². The Hall–Kier alpha value is -1.85. The molecule has 1 fully saturated rings.